The van der Waals surface area contributed by atoms with E-state index in [4.69, 9.17) is 0 Å². The van der Waals surface area contributed by atoms with Crippen molar-refractivity contribution in [2.24, 2.45) is 5.92 Å². The van der Waals surface area contributed by atoms with Crippen LogP contribution in [0.3, 0.4) is 0 Å². The number of halogens is 3. The first kappa shape index (κ1) is 16.1. The van der Waals surface area contributed by atoms with Crippen LogP contribution in [0.25, 0.3) is 0 Å². The van der Waals surface area contributed by atoms with Crippen LogP contribution in [0, 0.1) is 5.92 Å². The van der Waals surface area contributed by atoms with Gasteiger partial charge in [0.25, 0.3) is 0 Å². The molecule has 118 valence electrons. The molecule has 1 saturated heterocycles. The SMILES string of the molecule is CN1CCC(CNCc2ccc(OC(F)(F)F)cc2)CC1. The van der Waals surface area contributed by atoms with Crippen molar-refractivity contribution in [1.82, 2.24) is 10.2 Å². The van der Waals surface area contributed by atoms with Gasteiger partial charge in [-0.15, -0.1) is 13.2 Å². The van der Waals surface area contributed by atoms with E-state index < -0.39 is 6.36 Å². The van der Waals surface area contributed by atoms with Gasteiger partial charge in [0.15, 0.2) is 0 Å². The molecule has 6 heteroatoms. The van der Waals surface area contributed by atoms with Gasteiger partial charge in [0.05, 0.1) is 0 Å². The summed E-state index contributed by atoms with van der Waals surface area (Å²) in [6, 6.07) is 6.01. The summed E-state index contributed by atoms with van der Waals surface area (Å²) in [6.45, 7) is 3.89. The van der Waals surface area contributed by atoms with Crippen LogP contribution < -0.4 is 10.1 Å². The highest BCUT2D eigenvalue weighted by molar-refractivity contribution is 5.27. The van der Waals surface area contributed by atoms with Gasteiger partial charge < -0.3 is 15.0 Å². The summed E-state index contributed by atoms with van der Waals surface area (Å²) in [5, 5.41) is 3.37. The van der Waals surface area contributed by atoms with Crippen LogP contribution in [0.15, 0.2) is 24.3 Å². The Labute approximate surface area is 123 Å². The Morgan fingerprint density at radius 3 is 2.38 bits per heavy atom. The molecule has 0 unspecified atom stereocenters. The molecule has 0 aliphatic carbocycles. The number of nitrogens with one attached hydrogen (secondary N) is 1. The number of nitrogens with zero attached hydrogens (tertiary/aromatic N) is 1. The van der Waals surface area contributed by atoms with Gasteiger partial charge in [0.2, 0.25) is 0 Å². The first-order chi connectivity index (χ1) is 9.92. The van der Waals surface area contributed by atoms with Crippen molar-refractivity contribution < 1.29 is 17.9 Å². The average molecular weight is 302 g/mol. The second-order valence-corrected chi connectivity index (χ2v) is 5.57. The lowest BCUT2D eigenvalue weighted by Gasteiger charge is -2.29. The topological polar surface area (TPSA) is 24.5 Å². The zero-order chi connectivity index (χ0) is 15.3. The second-order valence-electron chi connectivity index (χ2n) is 5.57. The summed E-state index contributed by atoms with van der Waals surface area (Å²) in [7, 11) is 2.13. The zero-order valence-electron chi connectivity index (χ0n) is 12.1. The lowest BCUT2D eigenvalue weighted by atomic mass is 9.97. The van der Waals surface area contributed by atoms with Gasteiger partial charge in [-0.3, -0.25) is 0 Å². The minimum Gasteiger partial charge on any atom is -0.406 e. The molecule has 1 aromatic rings. The fourth-order valence-corrected chi connectivity index (χ4v) is 2.50. The Kier molecular flexibility index (Phi) is 5.47. The van der Waals surface area contributed by atoms with Gasteiger partial charge in [-0.05, 0) is 63.1 Å². The van der Waals surface area contributed by atoms with Crippen LogP contribution in [0.1, 0.15) is 18.4 Å². The highest BCUT2D eigenvalue weighted by Crippen LogP contribution is 2.22. The molecule has 0 spiro atoms. The standard InChI is InChI=1S/C15H21F3N2O/c1-20-8-6-13(7-9-20)11-19-10-12-2-4-14(5-3-12)21-15(16,17)18/h2-5,13,19H,6-11H2,1H3. The monoisotopic (exact) mass is 302 g/mol. The molecule has 21 heavy (non-hydrogen) atoms. The molecule has 1 aliphatic heterocycles. The lowest BCUT2D eigenvalue weighted by Crippen LogP contribution is -2.34. The van der Waals surface area contributed by atoms with E-state index in [1.54, 1.807) is 12.1 Å². The van der Waals surface area contributed by atoms with Crippen molar-refractivity contribution >= 4 is 0 Å². The first-order valence-electron chi connectivity index (χ1n) is 7.16. The molecule has 1 aliphatic rings. The van der Waals surface area contributed by atoms with E-state index in [0.717, 1.165) is 25.2 Å². The fraction of sp³-hybridized carbons (Fsp3) is 0.600. The number of ether oxygens (including phenoxy) is 1. The third-order valence-corrected chi connectivity index (χ3v) is 3.76. The maximum absolute atomic E-state index is 12.0. The molecule has 0 saturated carbocycles. The summed E-state index contributed by atoms with van der Waals surface area (Å²) >= 11 is 0. The Morgan fingerprint density at radius 2 is 1.81 bits per heavy atom. The van der Waals surface area contributed by atoms with E-state index >= 15 is 0 Å². The molecule has 1 N–H and O–H groups in total. The van der Waals surface area contributed by atoms with E-state index in [9.17, 15) is 13.2 Å². The molecule has 0 amide bonds. The third kappa shape index (κ3) is 5.93. The Hall–Kier alpha value is -1.27. The van der Waals surface area contributed by atoms with Gasteiger partial charge in [0, 0.05) is 6.54 Å². The summed E-state index contributed by atoms with van der Waals surface area (Å²) in [5.41, 5.74) is 0.956. The van der Waals surface area contributed by atoms with Gasteiger partial charge in [-0.2, -0.15) is 0 Å². The van der Waals surface area contributed by atoms with E-state index in [-0.39, 0.29) is 5.75 Å². The number of alkyl halides is 3. The molecule has 3 nitrogen and oxygen atoms in total. The summed E-state index contributed by atoms with van der Waals surface area (Å²) in [6.07, 6.45) is -2.24. The van der Waals surface area contributed by atoms with Crippen LogP contribution in [0.4, 0.5) is 13.2 Å². The van der Waals surface area contributed by atoms with Gasteiger partial charge in [-0.25, -0.2) is 0 Å². The number of rotatable bonds is 5. The van der Waals surface area contributed by atoms with E-state index in [1.165, 1.54) is 25.0 Å². The number of hydrogen-bond donors (Lipinski definition) is 1. The molecule has 1 heterocycles. The summed E-state index contributed by atoms with van der Waals surface area (Å²) < 4.78 is 40.0. The third-order valence-electron chi connectivity index (χ3n) is 3.76. The van der Waals surface area contributed by atoms with Crippen molar-refractivity contribution in [3.05, 3.63) is 29.8 Å². The van der Waals surface area contributed by atoms with Crippen LogP contribution in [-0.4, -0.2) is 37.9 Å². The molecular weight excluding hydrogens is 281 g/mol. The number of likely N-dealkylation sites (tertiary alicyclic amines) is 1. The Morgan fingerprint density at radius 1 is 1.19 bits per heavy atom. The van der Waals surface area contributed by atoms with Crippen molar-refractivity contribution in [2.45, 2.75) is 25.7 Å². The van der Waals surface area contributed by atoms with Crippen LogP contribution >= 0.6 is 0 Å². The fourth-order valence-electron chi connectivity index (χ4n) is 2.50. The summed E-state index contributed by atoms with van der Waals surface area (Å²) in [4.78, 5) is 2.33. The zero-order valence-corrected chi connectivity index (χ0v) is 12.1. The second kappa shape index (κ2) is 7.13. The van der Waals surface area contributed by atoms with Crippen molar-refractivity contribution in [3.63, 3.8) is 0 Å². The minimum atomic E-state index is -4.63. The highest BCUT2D eigenvalue weighted by Gasteiger charge is 2.30. The molecule has 0 atom stereocenters. The Balaban J connectivity index is 1.71. The normalized spacial score (nSPS) is 17.9. The molecule has 1 fully saturated rings. The molecule has 0 bridgehead atoms. The molecule has 0 aromatic heterocycles. The molecule has 2 rings (SSSR count). The molecule has 0 radical (unpaired) electrons. The highest BCUT2D eigenvalue weighted by atomic mass is 19.4. The minimum absolute atomic E-state index is 0.179. The molecular formula is C15H21F3N2O. The quantitative estimate of drug-likeness (QED) is 0.905. The first-order valence-corrected chi connectivity index (χ1v) is 7.16. The lowest BCUT2D eigenvalue weighted by molar-refractivity contribution is -0.274. The maximum atomic E-state index is 12.0. The van der Waals surface area contributed by atoms with E-state index in [1.807, 2.05) is 0 Å². The predicted molar refractivity (Wildman–Crippen MR) is 75.1 cm³/mol. The van der Waals surface area contributed by atoms with Gasteiger partial charge >= 0.3 is 6.36 Å². The largest absolute Gasteiger partial charge is 0.573 e. The van der Waals surface area contributed by atoms with Crippen molar-refractivity contribution in [1.29, 1.82) is 0 Å². The van der Waals surface area contributed by atoms with Crippen LogP contribution in [0.5, 0.6) is 5.75 Å². The van der Waals surface area contributed by atoms with Crippen LogP contribution in [0.2, 0.25) is 0 Å². The van der Waals surface area contributed by atoms with Crippen LogP contribution in [-0.2, 0) is 6.54 Å². The van der Waals surface area contributed by atoms with Crippen molar-refractivity contribution in [3.8, 4) is 5.75 Å². The maximum Gasteiger partial charge on any atom is 0.573 e. The van der Waals surface area contributed by atoms with E-state index in [0.29, 0.717) is 12.5 Å². The Bertz CT molecular complexity index is 426. The number of benzene rings is 1. The summed E-state index contributed by atoms with van der Waals surface area (Å²) in [5.74, 6) is 0.510. The van der Waals surface area contributed by atoms with Crippen molar-refractivity contribution in [2.75, 3.05) is 26.7 Å². The number of hydrogen-bond acceptors (Lipinski definition) is 3. The average Bonchev–Trinajstić information content (AvgIpc) is 2.41. The van der Waals surface area contributed by atoms with Gasteiger partial charge in [0.1, 0.15) is 5.75 Å². The predicted octanol–water partition coefficient (Wildman–Crippen LogP) is 3.02. The number of piperidine rings is 1. The van der Waals surface area contributed by atoms with Gasteiger partial charge in [-0.1, -0.05) is 12.1 Å². The van der Waals surface area contributed by atoms with E-state index in [2.05, 4.69) is 22.0 Å². The smallest absolute Gasteiger partial charge is 0.406 e. The molecule has 1 aromatic carbocycles.